The number of hydrogen-bond acceptors (Lipinski definition) is 4. The van der Waals surface area contributed by atoms with E-state index in [1.165, 1.54) is 0 Å². The molecule has 0 radical (unpaired) electrons. The van der Waals surface area contributed by atoms with Gasteiger partial charge < -0.3 is 15.8 Å². The molecule has 0 spiro atoms. The molecule has 0 fully saturated rings. The van der Waals surface area contributed by atoms with Gasteiger partial charge in [-0.3, -0.25) is 5.10 Å². The summed E-state index contributed by atoms with van der Waals surface area (Å²) in [6, 6.07) is -0.0389. The zero-order valence-corrected chi connectivity index (χ0v) is 11.3. The van der Waals surface area contributed by atoms with E-state index >= 15 is 0 Å². The largest absolute Gasteiger partial charge is 0.444 e. The average Bonchev–Trinajstić information content (AvgIpc) is 2.71. The molecule has 0 saturated carbocycles. The van der Waals surface area contributed by atoms with E-state index in [2.05, 4.69) is 15.5 Å². The third kappa shape index (κ3) is 4.72. The molecule has 114 valence electrons. The van der Waals surface area contributed by atoms with Crippen molar-refractivity contribution in [2.24, 2.45) is 5.73 Å². The van der Waals surface area contributed by atoms with E-state index < -0.39 is 29.6 Å². The van der Waals surface area contributed by atoms with Gasteiger partial charge in [0.05, 0.1) is 11.7 Å². The number of hydrogen-bond donors (Lipinski definition) is 3. The Morgan fingerprint density at radius 2 is 2.10 bits per heavy atom. The van der Waals surface area contributed by atoms with Crippen molar-refractivity contribution < 1.29 is 22.7 Å². The van der Waals surface area contributed by atoms with Crippen LogP contribution in [0.5, 0.6) is 0 Å². The van der Waals surface area contributed by atoms with Crippen molar-refractivity contribution in [3.05, 3.63) is 17.5 Å². The number of carbonyl (C=O) groups excluding carboxylic acids is 1. The molecule has 1 rings (SSSR count). The van der Waals surface area contributed by atoms with E-state index in [1.54, 1.807) is 20.8 Å². The number of aromatic nitrogens is 2. The van der Waals surface area contributed by atoms with Crippen molar-refractivity contribution in [1.82, 2.24) is 15.5 Å². The molecule has 1 amide bonds. The van der Waals surface area contributed by atoms with Crippen LogP contribution in [0.2, 0.25) is 0 Å². The van der Waals surface area contributed by atoms with Gasteiger partial charge in [0.25, 0.3) is 0 Å². The Bertz CT molecular complexity index is 465. The number of rotatable bonds is 3. The Balaban J connectivity index is 2.77. The second-order valence-corrected chi connectivity index (χ2v) is 5.14. The van der Waals surface area contributed by atoms with Crippen LogP contribution in [0.1, 0.15) is 38.2 Å². The number of nitrogens with two attached hydrogens (primary N) is 1. The Labute approximate surface area is 113 Å². The fourth-order valence-electron chi connectivity index (χ4n) is 1.37. The predicted molar refractivity (Wildman–Crippen MR) is 64.8 cm³/mol. The number of H-pyrrole nitrogens is 1. The molecule has 9 heteroatoms. The number of nitrogens with zero attached hydrogens (tertiary/aromatic N) is 1. The lowest BCUT2D eigenvalue weighted by Crippen LogP contribution is -2.37. The maximum absolute atomic E-state index is 12.4. The maximum Gasteiger partial charge on any atom is 0.435 e. The Kier molecular flexibility index (Phi) is 4.64. The monoisotopic (exact) mass is 294 g/mol. The standard InChI is InChI=1S/C11H17F3N4O2/c1-10(2,3)20-9(19)16-7(5-15)6-4-8(18-17-6)11(12,13)14/h4,7H,5,15H2,1-3H3,(H,16,19)(H,17,18). The van der Waals surface area contributed by atoms with Crippen molar-refractivity contribution in [2.45, 2.75) is 38.6 Å². The van der Waals surface area contributed by atoms with Gasteiger partial charge in [0.2, 0.25) is 0 Å². The summed E-state index contributed by atoms with van der Waals surface area (Å²) in [7, 11) is 0. The summed E-state index contributed by atoms with van der Waals surface area (Å²) in [6.07, 6.45) is -5.32. The minimum atomic E-state index is -4.56. The van der Waals surface area contributed by atoms with E-state index in [0.29, 0.717) is 0 Å². The van der Waals surface area contributed by atoms with Gasteiger partial charge in [-0.25, -0.2) is 4.79 Å². The predicted octanol–water partition coefficient (Wildman–Crippen LogP) is 1.95. The van der Waals surface area contributed by atoms with E-state index in [0.717, 1.165) is 6.07 Å². The Morgan fingerprint density at radius 1 is 1.50 bits per heavy atom. The first-order valence-corrected chi connectivity index (χ1v) is 5.85. The van der Waals surface area contributed by atoms with Crippen LogP contribution in [0, 0.1) is 0 Å². The topological polar surface area (TPSA) is 93.0 Å². The quantitative estimate of drug-likeness (QED) is 0.794. The van der Waals surface area contributed by atoms with E-state index in [1.807, 2.05) is 0 Å². The van der Waals surface area contributed by atoms with Crippen LogP contribution in [-0.4, -0.2) is 28.4 Å². The third-order valence-corrected chi connectivity index (χ3v) is 2.19. The first kappa shape index (κ1) is 16.3. The lowest BCUT2D eigenvalue weighted by atomic mass is 10.2. The number of ether oxygens (including phenoxy) is 1. The highest BCUT2D eigenvalue weighted by atomic mass is 19.4. The minimum absolute atomic E-state index is 0.0608. The zero-order chi connectivity index (χ0) is 15.6. The molecule has 1 atom stereocenters. The number of nitrogens with one attached hydrogen (secondary N) is 2. The van der Waals surface area contributed by atoms with Gasteiger partial charge in [-0.1, -0.05) is 0 Å². The average molecular weight is 294 g/mol. The number of amides is 1. The molecule has 1 heterocycles. The molecular weight excluding hydrogens is 277 g/mol. The molecule has 0 aliphatic rings. The van der Waals surface area contributed by atoms with Gasteiger partial charge in [0.15, 0.2) is 5.69 Å². The smallest absolute Gasteiger partial charge is 0.435 e. The second kappa shape index (κ2) is 5.70. The molecule has 20 heavy (non-hydrogen) atoms. The fraction of sp³-hybridized carbons (Fsp3) is 0.636. The summed E-state index contributed by atoms with van der Waals surface area (Å²) in [4.78, 5) is 11.6. The number of alkyl halides is 3. The molecule has 0 aliphatic heterocycles. The summed E-state index contributed by atoms with van der Waals surface area (Å²) < 4.78 is 42.3. The van der Waals surface area contributed by atoms with Crippen molar-refractivity contribution >= 4 is 6.09 Å². The molecule has 1 unspecified atom stereocenters. The maximum atomic E-state index is 12.4. The first-order chi connectivity index (χ1) is 9.03. The van der Waals surface area contributed by atoms with E-state index in [9.17, 15) is 18.0 Å². The van der Waals surface area contributed by atoms with Gasteiger partial charge in [0, 0.05) is 6.54 Å². The molecule has 0 aromatic carbocycles. The molecule has 6 nitrogen and oxygen atoms in total. The SMILES string of the molecule is CC(C)(C)OC(=O)NC(CN)c1cc(C(F)(F)F)n[nH]1. The Morgan fingerprint density at radius 3 is 2.50 bits per heavy atom. The van der Waals surface area contributed by atoms with Gasteiger partial charge in [-0.05, 0) is 26.8 Å². The van der Waals surface area contributed by atoms with Crippen molar-refractivity contribution in [2.75, 3.05) is 6.54 Å². The van der Waals surface area contributed by atoms with E-state index in [-0.39, 0.29) is 12.2 Å². The van der Waals surface area contributed by atoms with Crippen LogP contribution in [0.15, 0.2) is 6.07 Å². The lowest BCUT2D eigenvalue weighted by molar-refractivity contribution is -0.141. The second-order valence-electron chi connectivity index (χ2n) is 5.14. The summed E-state index contributed by atoms with van der Waals surface area (Å²) >= 11 is 0. The molecular formula is C11H17F3N4O2. The summed E-state index contributed by atoms with van der Waals surface area (Å²) in [5.74, 6) is 0. The number of aromatic amines is 1. The van der Waals surface area contributed by atoms with Crippen LogP contribution in [0.4, 0.5) is 18.0 Å². The van der Waals surface area contributed by atoms with Gasteiger partial charge in [-0.15, -0.1) is 0 Å². The number of alkyl carbamates (subject to hydrolysis) is 1. The highest BCUT2D eigenvalue weighted by molar-refractivity contribution is 5.68. The molecule has 0 saturated heterocycles. The molecule has 1 aromatic rings. The summed E-state index contributed by atoms with van der Waals surface area (Å²) in [5.41, 5.74) is 3.71. The molecule has 4 N–H and O–H groups in total. The first-order valence-electron chi connectivity index (χ1n) is 5.85. The van der Waals surface area contributed by atoms with Crippen molar-refractivity contribution in [1.29, 1.82) is 0 Å². The third-order valence-electron chi connectivity index (χ3n) is 2.19. The number of carbonyl (C=O) groups is 1. The van der Waals surface area contributed by atoms with Gasteiger partial charge in [0.1, 0.15) is 5.60 Å². The van der Waals surface area contributed by atoms with E-state index in [4.69, 9.17) is 10.5 Å². The minimum Gasteiger partial charge on any atom is -0.444 e. The van der Waals surface area contributed by atoms with Crippen LogP contribution < -0.4 is 11.1 Å². The Hall–Kier alpha value is -1.77. The van der Waals surface area contributed by atoms with Crippen molar-refractivity contribution in [3.8, 4) is 0 Å². The molecule has 0 bridgehead atoms. The number of halogens is 3. The van der Waals surface area contributed by atoms with Crippen LogP contribution in [-0.2, 0) is 10.9 Å². The zero-order valence-electron chi connectivity index (χ0n) is 11.3. The lowest BCUT2D eigenvalue weighted by Gasteiger charge is -2.22. The van der Waals surface area contributed by atoms with Crippen LogP contribution >= 0.6 is 0 Å². The summed E-state index contributed by atoms with van der Waals surface area (Å²) in [6.45, 7) is 4.91. The highest BCUT2D eigenvalue weighted by Crippen LogP contribution is 2.28. The van der Waals surface area contributed by atoms with Gasteiger partial charge in [-0.2, -0.15) is 18.3 Å². The molecule has 1 aromatic heterocycles. The molecule has 0 aliphatic carbocycles. The normalized spacial score (nSPS) is 13.9. The highest BCUT2D eigenvalue weighted by Gasteiger charge is 2.34. The fourth-order valence-corrected chi connectivity index (χ4v) is 1.37. The van der Waals surface area contributed by atoms with Crippen LogP contribution in [0.25, 0.3) is 0 Å². The van der Waals surface area contributed by atoms with Crippen molar-refractivity contribution in [3.63, 3.8) is 0 Å². The summed E-state index contributed by atoms with van der Waals surface area (Å²) in [5, 5.41) is 7.73. The van der Waals surface area contributed by atoms with Crippen LogP contribution in [0.3, 0.4) is 0 Å². The van der Waals surface area contributed by atoms with Gasteiger partial charge >= 0.3 is 12.3 Å².